The molecule has 1 aliphatic carbocycles. The van der Waals surface area contributed by atoms with E-state index in [2.05, 4.69) is 20.9 Å². The van der Waals surface area contributed by atoms with Crippen molar-refractivity contribution in [3.8, 4) is 0 Å². The summed E-state index contributed by atoms with van der Waals surface area (Å²) in [5, 5.41) is 8.77. The Bertz CT molecular complexity index is 412. The summed E-state index contributed by atoms with van der Waals surface area (Å²) < 4.78 is 0.848. The lowest BCUT2D eigenvalue weighted by Gasteiger charge is -1.97. The zero-order valence-corrected chi connectivity index (χ0v) is 8.21. The second kappa shape index (κ2) is 2.96. The van der Waals surface area contributed by atoms with Crippen LogP contribution < -0.4 is 0 Å². The number of pyridine rings is 1. The molecule has 1 aromatic rings. The first kappa shape index (κ1) is 8.44. The molecule has 0 spiro atoms. The smallest absolute Gasteiger partial charge is 0.331 e. The van der Waals surface area contributed by atoms with E-state index in [1.165, 1.54) is 0 Å². The molecule has 0 bridgehead atoms. The highest BCUT2D eigenvalue weighted by atomic mass is 79.9. The number of rotatable bonds is 1. The molecule has 3 nitrogen and oxygen atoms in total. The van der Waals surface area contributed by atoms with Gasteiger partial charge in [0.1, 0.15) is 0 Å². The van der Waals surface area contributed by atoms with Crippen LogP contribution in [-0.4, -0.2) is 16.1 Å². The van der Waals surface area contributed by atoms with Crippen LogP contribution in [0.25, 0.3) is 6.08 Å². The van der Waals surface area contributed by atoms with Gasteiger partial charge in [0, 0.05) is 28.9 Å². The first-order valence-electron chi connectivity index (χ1n) is 3.74. The first-order chi connectivity index (χ1) is 6.18. The lowest BCUT2D eigenvalue weighted by molar-refractivity contribution is -0.132. The van der Waals surface area contributed by atoms with Gasteiger partial charge >= 0.3 is 5.97 Å². The highest BCUT2D eigenvalue weighted by Crippen LogP contribution is 2.29. The van der Waals surface area contributed by atoms with Crippen LogP contribution in [0.3, 0.4) is 0 Å². The van der Waals surface area contributed by atoms with Crippen LogP contribution in [0, 0.1) is 0 Å². The largest absolute Gasteiger partial charge is 0.478 e. The van der Waals surface area contributed by atoms with Gasteiger partial charge in [-0.05, 0) is 33.1 Å². The Hall–Kier alpha value is -1.16. The van der Waals surface area contributed by atoms with Crippen molar-refractivity contribution in [2.75, 3.05) is 0 Å². The molecule has 2 rings (SSSR count). The fourth-order valence-electron chi connectivity index (χ4n) is 1.36. The zero-order chi connectivity index (χ0) is 9.42. The molecule has 0 radical (unpaired) electrons. The van der Waals surface area contributed by atoms with Crippen molar-refractivity contribution in [1.82, 2.24) is 4.98 Å². The third-order valence-corrected chi connectivity index (χ3v) is 2.63. The van der Waals surface area contributed by atoms with E-state index < -0.39 is 5.97 Å². The molecule has 13 heavy (non-hydrogen) atoms. The number of carbonyl (C=O) groups is 1. The number of carboxylic acids is 1. The van der Waals surface area contributed by atoms with E-state index in [1.54, 1.807) is 18.5 Å². The average Bonchev–Trinajstić information content (AvgIpc) is 2.49. The molecule has 66 valence electrons. The molecule has 1 aliphatic rings. The van der Waals surface area contributed by atoms with E-state index >= 15 is 0 Å². The van der Waals surface area contributed by atoms with E-state index in [9.17, 15) is 4.79 Å². The van der Waals surface area contributed by atoms with E-state index in [0.717, 1.165) is 15.6 Å². The average molecular weight is 240 g/mol. The van der Waals surface area contributed by atoms with Gasteiger partial charge in [0.05, 0.1) is 0 Å². The zero-order valence-electron chi connectivity index (χ0n) is 6.62. The number of aliphatic carboxylic acids is 1. The minimum absolute atomic E-state index is 0.420. The number of halogens is 1. The lowest BCUT2D eigenvalue weighted by atomic mass is 10.2. The summed E-state index contributed by atoms with van der Waals surface area (Å²) in [5.41, 5.74) is 2.32. The Labute approximate surface area is 83.2 Å². The van der Waals surface area contributed by atoms with Crippen LogP contribution in [0.15, 0.2) is 22.4 Å². The monoisotopic (exact) mass is 239 g/mol. The van der Waals surface area contributed by atoms with Crippen molar-refractivity contribution < 1.29 is 9.90 Å². The Balaban J connectivity index is 2.49. The topological polar surface area (TPSA) is 50.2 Å². The number of hydrogen-bond acceptors (Lipinski definition) is 2. The number of carboxylic acid groups (broad SMARTS) is 1. The summed E-state index contributed by atoms with van der Waals surface area (Å²) in [5.74, 6) is -0.858. The summed E-state index contributed by atoms with van der Waals surface area (Å²) >= 11 is 3.32. The van der Waals surface area contributed by atoms with Crippen molar-refractivity contribution in [2.24, 2.45) is 0 Å². The van der Waals surface area contributed by atoms with Crippen molar-refractivity contribution in [2.45, 2.75) is 6.42 Å². The maximum atomic E-state index is 10.7. The summed E-state index contributed by atoms with van der Waals surface area (Å²) in [7, 11) is 0. The number of aromatic nitrogens is 1. The Morgan fingerprint density at radius 1 is 1.54 bits per heavy atom. The molecule has 1 aromatic heterocycles. The predicted octanol–water partition coefficient (Wildman–Crippen LogP) is 1.87. The van der Waals surface area contributed by atoms with E-state index in [1.807, 2.05) is 0 Å². The Morgan fingerprint density at radius 3 is 2.92 bits per heavy atom. The maximum Gasteiger partial charge on any atom is 0.331 e. The fourth-order valence-corrected chi connectivity index (χ4v) is 1.84. The predicted molar refractivity (Wildman–Crippen MR) is 51.3 cm³/mol. The molecule has 0 saturated heterocycles. The van der Waals surface area contributed by atoms with Gasteiger partial charge < -0.3 is 5.11 Å². The Morgan fingerprint density at radius 2 is 2.31 bits per heavy atom. The molecular formula is C9H6BrNO2. The Kier molecular flexibility index (Phi) is 1.92. The summed E-state index contributed by atoms with van der Waals surface area (Å²) in [6.07, 6.45) is 5.52. The first-order valence-corrected chi connectivity index (χ1v) is 4.54. The minimum Gasteiger partial charge on any atom is -0.478 e. The van der Waals surface area contributed by atoms with Gasteiger partial charge in [0.15, 0.2) is 0 Å². The van der Waals surface area contributed by atoms with Crippen LogP contribution in [0.5, 0.6) is 0 Å². The fraction of sp³-hybridized carbons (Fsp3) is 0.111. The molecule has 0 fully saturated rings. The molecule has 1 heterocycles. The normalized spacial score (nSPS) is 13.8. The van der Waals surface area contributed by atoms with Crippen LogP contribution in [0.4, 0.5) is 0 Å². The molecule has 1 N–H and O–H groups in total. The third-order valence-electron chi connectivity index (χ3n) is 2.00. The highest BCUT2D eigenvalue weighted by Gasteiger charge is 2.19. The molecule has 4 heteroatoms. The molecule has 0 amide bonds. The van der Waals surface area contributed by atoms with Crippen LogP contribution in [-0.2, 0) is 11.2 Å². The van der Waals surface area contributed by atoms with Gasteiger partial charge in [-0.2, -0.15) is 0 Å². The van der Waals surface area contributed by atoms with Gasteiger partial charge in [0.25, 0.3) is 0 Å². The molecule has 0 aliphatic heterocycles. The van der Waals surface area contributed by atoms with Crippen LogP contribution in [0.1, 0.15) is 11.1 Å². The molecule has 0 aromatic carbocycles. The SMILES string of the molecule is O=C(O)C1=Cc2c(Br)cncc2C1. The minimum atomic E-state index is -0.858. The van der Waals surface area contributed by atoms with Gasteiger partial charge in [-0.1, -0.05) is 0 Å². The molecule has 0 saturated carbocycles. The van der Waals surface area contributed by atoms with E-state index in [-0.39, 0.29) is 0 Å². The van der Waals surface area contributed by atoms with E-state index in [0.29, 0.717) is 12.0 Å². The van der Waals surface area contributed by atoms with Crippen LogP contribution >= 0.6 is 15.9 Å². The second-order valence-electron chi connectivity index (χ2n) is 2.85. The van der Waals surface area contributed by atoms with Crippen molar-refractivity contribution in [3.05, 3.63) is 33.6 Å². The summed E-state index contributed by atoms with van der Waals surface area (Å²) in [6, 6.07) is 0. The molecular weight excluding hydrogens is 234 g/mol. The van der Waals surface area contributed by atoms with Gasteiger partial charge in [-0.15, -0.1) is 0 Å². The summed E-state index contributed by atoms with van der Waals surface area (Å²) in [4.78, 5) is 14.7. The van der Waals surface area contributed by atoms with Crippen molar-refractivity contribution in [3.63, 3.8) is 0 Å². The van der Waals surface area contributed by atoms with Crippen molar-refractivity contribution in [1.29, 1.82) is 0 Å². The maximum absolute atomic E-state index is 10.7. The number of hydrogen-bond donors (Lipinski definition) is 1. The van der Waals surface area contributed by atoms with Crippen LogP contribution in [0.2, 0.25) is 0 Å². The van der Waals surface area contributed by atoms with Gasteiger partial charge in [-0.3, -0.25) is 4.98 Å². The third kappa shape index (κ3) is 1.37. The quantitative estimate of drug-likeness (QED) is 0.815. The van der Waals surface area contributed by atoms with Gasteiger partial charge in [-0.25, -0.2) is 4.79 Å². The number of nitrogens with zero attached hydrogens (tertiary/aromatic N) is 1. The standard InChI is InChI=1S/C9H6BrNO2/c10-8-4-11-3-6-1-5(9(12)13)2-7(6)8/h2-4H,1H2,(H,12,13). The molecule has 0 unspecified atom stereocenters. The highest BCUT2D eigenvalue weighted by molar-refractivity contribution is 9.10. The summed E-state index contributed by atoms with van der Waals surface area (Å²) in [6.45, 7) is 0. The van der Waals surface area contributed by atoms with E-state index in [4.69, 9.17) is 5.11 Å². The van der Waals surface area contributed by atoms with Gasteiger partial charge in [0.2, 0.25) is 0 Å². The van der Waals surface area contributed by atoms with Crippen molar-refractivity contribution >= 4 is 28.0 Å². The number of fused-ring (bicyclic) bond motifs is 1. The second-order valence-corrected chi connectivity index (χ2v) is 3.70. The molecule has 0 atom stereocenters. The lowest BCUT2D eigenvalue weighted by Crippen LogP contribution is -1.99.